The first-order valence-electron chi connectivity index (χ1n) is 33.7. The van der Waals surface area contributed by atoms with E-state index >= 15 is 0 Å². The van der Waals surface area contributed by atoms with Crippen molar-refractivity contribution >= 4 is 34.1 Å². The highest BCUT2D eigenvalue weighted by molar-refractivity contribution is 5.92. The molecule has 14 aromatic rings. The zero-order valence-corrected chi connectivity index (χ0v) is 53.7. The van der Waals surface area contributed by atoms with Crippen molar-refractivity contribution in [1.29, 1.82) is 0 Å². The first-order chi connectivity index (χ1) is 47.3. The van der Waals surface area contributed by atoms with Crippen LogP contribution in [0.3, 0.4) is 0 Å². The van der Waals surface area contributed by atoms with Crippen molar-refractivity contribution in [2.75, 3.05) is 9.80 Å². The van der Waals surface area contributed by atoms with E-state index in [4.69, 9.17) is 9.47 Å². The highest BCUT2D eigenvalue weighted by Gasteiger charge is 2.48. The fraction of sp³-hybridized carbons (Fsp3) is 0.0870. The monoisotopic (exact) mass is 1230 g/mol. The number of benzene rings is 14. The highest BCUT2D eigenvalue weighted by Crippen LogP contribution is 2.60. The normalized spacial score (nSPS) is 15.7. The molecule has 0 saturated heterocycles. The molecule has 0 radical (unpaired) electrons. The molecule has 4 heteroatoms. The Morgan fingerprint density at radius 1 is 0.240 bits per heavy atom. The van der Waals surface area contributed by atoms with Gasteiger partial charge in [-0.2, -0.15) is 0 Å². The smallest absolute Gasteiger partial charge is 0.127 e. The molecule has 0 saturated carbocycles. The molecule has 18 rings (SSSR count). The Labute approximate surface area is 562 Å². The van der Waals surface area contributed by atoms with Crippen LogP contribution in [0.4, 0.5) is 34.1 Å². The van der Waals surface area contributed by atoms with Crippen LogP contribution in [-0.4, -0.2) is 0 Å². The first-order valence-corrected chi connectivity index (χ1v) is 33.7. The van der Waals surface area contributed by atoms with Crippen LogP contribution < -0.4 is 19.3 Å². The Balaban J connectivity index is 0.698. The molecule has 4 nitrogen and oxygen atoms in total. The second-order valence-electron chi connectivity index (χ2n) is 26.3. The number of nitrogens with zero attached hydrogens (tertiary/aromatic N) is 2. The van der Waals surface area contributed by atoms with Crippen molar-refractivity contribution in [1.82, 2.24) is 0 Å². The molecule has 0 amide bonds. The van der Waals surface area contributed by atoms with Gasteiger partial charge < -0.3 is 19.3 Å². The lowest BCUT2D eigenvalue weighted by Crippen LogP contribution is -2.28. The molecule has 4 aliphatic carbocycles. The lowest BCUT2D eigenvalue weighted by atomic mass is 9.67. The number of anilines is 6. The standard InChI is InChI=1S/C92H68N2O2/c1-61-21-35-69(36-22-61)91(71-39-51-79(52-40-71)95-81-49-33-65-25-27-67(65)57-81)87-19-11-9-17-83(87)85-55-47-77(59-89(85)91)93(73-13-5-3-6-14-73)75-43-29-63(30-44-75)64-31-45-76(46-32-64)94(74-15-7-4-8-16-74)78-48-56-86-84-18-10-12-20-88(84)92(90(86)60-78,70-37-23-62(2)24-38-70)72-41-53-80(54-42-72)96-82-50-34-66-26-28-68(66)58-82/h3-24,29-60H,25-28H2,1-2H3. The summed E-state index contributed by atoms with van der Waals surface area (Å²) in [6.45, 7) is 4.34. The van der Waals surface area contributed by atoms with Crippen LogP contribution in [0.1, 0.15) is 77.9 Å². The molecule has 0 fully saturated rings. The maximum absolute atomic E-state index is 6.55. The van der Waals surface area contributed by atoms with Gasteiger partial charge in [-0.3, -0.25) is 0 Å². The SMILES string of the molecule is Cc1ccc(C2(c3ccc(Oc4ccc5c(c4)CC5)cc3)c3ccccc3-c3ccc(N(c4ccccc4)c4ccc(-c5ccc(N(c6ccccc6)c6ccc7c(c6)C(c6ccc(C)cc6)(c6ccc(Oc8ccc9c(c8)CC9)cc6)c6ccccc6-7)cc5)cc4)cc32)cc1. The Hall–Kier alpha value is -11.7. The van der Waals surface area contributed by atoms with Crippen LogP contribution in [0.15, 0.2) is 328 Å². The third kappa shape index (κ3) is 9.42. The summed E-state index contributed by atoms with van der Waals surface area (Å²) < 4.78 is 13.1. The summed E-state index contributed by atoms with van der Waals surface area (Å²) in [5, 5.41) is 0. The molecule has 0 N–H and O–H groups in total. The quantitative estimate of drug-likeness (QED) is 0.102. The van der Waals surface area contributed by atoms with Crippen molar-refractivity contribution in [2.45, 2.75) is 50.4 Å². The van der Waals surface area contributed by atoms with Gasteiger partial charge in [-0.1, -0.05) is 217 Å². The highest BCUT2D eigenvalue weighted by atomic mass is 16.5. The Morgan fingerprint density at radius 2 is 0.552 bits per heavy atom. The van der Waals surface area contributed by atoms with Gasteiger partial charge in [0.2, 0.25) is 0 Å². The van der Waals surface area contributed by atoms with Gasteiger partial charge in [-0.15, -0.1) is 0 Å². The fourth-order valence-corrected chi connectivity index (χ4v) is 15.9. The van der Waals surface area contributed by atoms with Gasteiger partial charge >= 0.3 is 0 Å². The van der Waals surface area contributed by atoms with Gasteiger partial charge in [0, 0.05) is 34.1 Å². The van der Waals surface area contributed by atoms with Gasteiger partial charge in [0.15, 0.2) is 0 Å². The summed E-state index contributed by atoms with van der Waals surface area (Å²) in [7, 11) is 0. The zero-order valence-electron chi connectivity index (χ0n) is 53.7. The number of hydrogen-bond acceptors (Lipinski definition) is 4. The molecular formula is C92H68N2O2. The minimum absolute atomic E-state index is 0.622. The molecule has 2 unspecified atom stereocenters. The second kappa shape index (κ2) is 23.1. The predicted molar refractivity (Wildman–Crippen MR) is 393 cm³/mol. The third-order valence-corrected chi connectivity index (χ3v) is 20.9. The number of ether oxygens (including phenoxy) is 2. The van der Waals surface area contributed by atoms with Crippen LogP contribution in [-0.2, 0) is 36.5 Å². The van der Waals surface area contributed by atoms with Crippen molar-refractivity contribution in [3.05, 3.63) is 405 Å². The Kier molecular flexibility index (Phi) is 13.7. The van der Waals surface area contributed by atoms with E-state index in [2.05, 4.69) is 351 Å². The average Bonchev–Trinajstić information content (AvgIpc) is 1.53. The number of rotatable bonds is 15. The first kappa shape index (κ1) is 57.0. The maximum atomic E-state index is 6.55. The van der Waals surface area contributed by atoms with E-state index in [1.165, 1.54) is 100 Å². The minimum atomic E-state index is -0.622. The molecule has 0 aromatic heterocycles. The lowest BCUT2D eigenvalue weighted by Gasteiger charge is -2.35. The van der Waals surface area contributed by atoms with Crippen LogP contribution in [0.2, 0.25) is 0 Å². The molecule has 2 atom stereocenters. The summed E-state index contributed by atoms with van der Waals surface area (Å²) in [6.07, 6.45) is 4.52. The third-order valence-electron chi connectivity index (χ3n) is 20.9. The molecule has 0 aliphatic heterocycles. The molecule has 0 bridgehead atoms. The summed E-state index contributed by atoms with van der Waals surface area (Å²) in [5.74, 6) is 3.41. The van der Waals surface area contributed by atoms with Gasteiger partial charge in [0.1, 0.15) is 23.0 Å². The van der Waals surface area contributed by atoms with E-state index in [9.17, 15) is 0 Å². The van der Waals surface area contributed by atoms with Crippen LogP contribution in [0, 0.1) is 13.8 Å². The molecule has 96 heavy (non-hydrogen) atoms. The largest absolute Gasteiger partial charge is 0.457 e. The lowest BCUT2D eigenvalue weighted by molar-refractivity contribution is 0.480. The van der Waals surface area contributed by atoms with Crippen LogP contribution >= 0.6 is 0 Å². The molecule has 0 spiro atoms. The Bertz CT molecular complexity index is 4940. The van der Waals surface area contributed by atoms with Crippen LogP contribution in [0.25, 0.3) is 33.4 Å². The second-order valence-corrected chi connectivity index (χ2v) is 26.3. The minimum Gasteiger partial charge on any atom is -0.457 e. The van der Waals surface area contributed by atoms with E-state index in [1.54, 1.807) is 0 Å². The molecule has 14 aromatic carbocycles. The van der Waals surface area contributed by atoms with Gasteiger partial charge in [-0.25, -0.2) is 0 Å². The van der Waals surface area contributed by atoms with E-state index in [0.29, 0.717) is 0 Å². The number of para-hydroxylation sites is 2. The van der Waals surface area contributed by atoms with E-state index in [-0.39, 0.29) is 0 Å². The van der Waals surface area contributed by atoms with E-state index in [0.717, 1.165) is 93.9 Å². The van der Waals surface area contributed by atoms with Gasteiger partial charge in [0.25, 0.3) is 0 Å². The van der Waals surface area contributed by atoms with Crippen molar-refractivity contribution in [2.24, 2.45) is 0 Å². The van der Waals surface area contributed by atoms with Gasteiger partial charge in [0.05, 0.1) is 10.8 Å². The summed E-state index contributed by atoms with van der Waals surface area (Å²) in [5.41, 5.74) is 30.3. The summed E-state index contributed by atoms with van der Waals surface area (Å²) in [4.78, 5) is 4.81. The van der Waals surface area contributed by atoms with Gasteiger partial charge in [-0.05, 0) is 261 Å². The predicted octanol–water partition coefficient (Wildman–Crippen LogP) is 23.4. The Morgan fingerprint density at radius 3 is 0.917 bits per heavy atom. The van der Waals surface area contributed by atoms with Crippen molar-refractivity contribution in [3.8, 4) is 56.4 Å². The van der Waals surface area contributed by atoms with E-state index in [1.807, 2.05) is 0 Å². The number of hydrogen-bond donors (Lipinski definition) is 0. The van der Waals surface area contributed by atoms with Crippen LogP contribution in [0.5, 0.6) is 23.0 Å². The molecule has 458 valence electrons. The fourth-order valence-electron chi connectivity index (χ4n) is 15.9. The van der Waals surface area contributed by atoms with E-state index < -0.39 is 10.8 Å². The average molecular weight is 1230 g/mol. The van der Waals surface area contributed by atoms with Crippen molar-refractivity contribution < 1.29 is 9.47 Å². The molecular weight excluding hydrogens is 1170 g/mol. The topological polar surface area (TPSA) is 24.9 Å². The maximum Gasteiger partial charge on any atom is 0.127 e. The van der Waals surface area contributed by atoms with Crippen molar-refractivity contribution in [3.63, 3.8) is 0 Å². The molecule has 4 aliphatic rings. The zero-order chi connectivity index (χ0) is 63.9. The number of fused-ring (bicyclic) bond motifs is 8. The molecule has 0 heterocycles. The summed E-state index contributed by atoms with van der Waals surface area (Å²) in [6, 6.07) is 121. The number of aryl methyl sites for hydroxylation is 6. The summed E-state index contributed by atoms with van der Waals surface area (Å²) >= 11 is 0.